The number of benzene rings is 2. The molecule has 0 aliphatic rings. The normalized spacial score (nSPS) is 14.6. The second-order valence-corrected chi connectivity index (χ2v) is 11.3. The number of fused-ring (bicyclic) bond motifs is 1. The number of ether oxygens (including phenoxy) is 1. The summed E-state index contributed by atoms with van der Waals surface area (Å²) < 4.78 is 5.76. The third-order valence-corrected chi connectivity index (χ3v) is 5.75. The maximum absolute atomic E-state index is 13.7. The molecule has 0 aliphatic carbocycles. The molecule has 0 aromatic heterocycles. The summed E-state index contributed by atoms with van der Waals surface area (Å²) in [7, 11) is 0. The van der Waals surface area contributed by atoms with Crippen LogP contribution in [-0.2, 0) is 25.5 Å². The van der Waals surface area contributed by atoms with E-state index in [1.165, 1.54) is 0 Å². The molecule has 0 radical (unpaired) electrons. The van der Waals surface area contributed by atoms with E-state index in [1.54, 1.807) is 5.48 Å². The van der Waals surface area contributed by atoms with Gasteiger partial charge in [-0.3, -0.25) is 19.6 Å². The van der Waals surface area contributed by atoms with Gasteiger partial charge in [-0.1, -0.05) is 70.2 Å². The van der Waals surface area contributed by atoms with Crippen molar-refractivity contribution in [3.05, 3.63) is 48.0 Å². The lowest BCUT2D eigenvalue weighted by Gasteiger charge is -2.35. The highest BCUT2D eigenvalue weighted by atomic mass is 16.5. The predicted octanol–water partition coefficient (Wildman–Crippen LogP) is 3.74. The molecule has 3 amide bonds. The number of carbonyl (C=O) groups is 3. The molecule has 0 saturated heterocycles. The van der Waals surface area contributed by atoms with Gasteiger partial charge >= 0.3 is 0 Å². The maximum atomic E-state index is 13.7. The van der Waals surface area contributed by atoms with Crippen molar-refractivity contribution < 1.29 is 24.3 Å². The Bertz CT molecular complexity index is 1060. The Labute approximate surface area is 214 Å². The van der Waals surface area contributed by atoms with E-state index in [4.69, 9.17) is 4.74 Å². The van der Waals surface area contributed by atoms with Gasteiger partial charge in [-0.25, -0.2) is 5.48 Å². The van der Waals surface area contributed by atoms with Crippen molar-refractivity contribution in [1.82, 2.24) is 16.1 Å². The van der Waals surface area contributed by atoms with Crippen LogP contribution in [0.25, 0.3) is 10.8 Å². The van der Waals surface area contributed by atoms with Crippen molar-refractivity contribution in [2.24, 2.45) is 11.3 Å². The van der Waals surface area contributed by atoms with Gasteiger partial charge in [-0.15, -0.1) is 0 Å². The van der Waals surface area contributed by atoms with Crippen LogP contribution < -0.4 is 16.1 Å². The van der Waals surface area contributed by atoms with Crippen molar-refractivity contribution in [3.8, 4) is 0 Å². The lowest BCUT2D eigenvalue weighted by Crippen LogP contribution is -2.59. The fraction of sp³-hybridized carbons (Fsp3) is 0.536. The Hall–Kier alpha value is -2.97. The molecule has 8 heteroatoms. The van der Waals surface area contributed by atoms with Gasteiger partial charge < -0.3 is 15.4 Å². The van der Waals surface area contributed by atoms with Crippen LogP contribution in [0.4, 0.5) is 0 Å². The molecule has 0 spiro atoms. The minimum absolute atomic E-state index is 0.177. The van der Waals surface area contributed by atoms with E-state index in [0.717, 1.165) is 16.3 Å². The predicted molar refractivity (Wildman–Crippen MR) is 140 cm³/mol. The van der Waals surface area contributed by atoms with Gasteiger partial charge in [0, 0.05) is 12.1 Å². The topological polar surface area (TPSA) is 117 Å². The van der Waals surface area contributed by atoms with E-state index in [0.29, 0.717) is 6.42 Å². The highest BCUT2D eigenvalue weighted by Gasteiger charge is 2.40. The molecule has 0 fully saturated rings. The molecular weight excluding hydrogens is 458 g/mol. The summed E-state index contributed by atoms with van der Waals surface area (Å²) in [6, 6.07) is 12.8. The smallest absolute Gasteiger partial charge is 0.273 e. The summed E-state index contributed by atoms with van der Waals surface area (Å²) in [5, 5.41) is 17.3. The first-order chi connectivity index (χ1) is 16.8. The maximum Gasteiger partial charge on any atom is 0.273 e. The molecule has 0 bridgehead atoms. The van der Waals surface area contributed by atoms with Gasteiger partial charge in [0.05, 0.1) is 5.92 Å². The molecule has 4 N–H and O–H groups in total. The summed E-state index contributed by atoms with van der Waals surface area (Å²) in [6.45, 7) is 13.3. The number of hydrogen-bond donors (Lipinski definition) is 4. The zero-order valence-electron chi connectivity index (χ0n) is 22.5. The zero-order chi connectivity index (χ0) is 27.1. The van der Waals surface area contributed by atoms with Crippen molar-refractivity contribution in [1.29, 1.82) is 0 Å². The summed E-state index contributed by atoms with van der Waals surface area (Å²) in [5.41, 5.74) is 1.38. The van der Waals surface area contributed by atoms with Crippen molar-refractivity contribution in [3.63, 3.8) is 0 Å². The van der Waals surface area contributed by atoms with Crippen LogP contribution in [0.5, 0.6) is 0 Å². The van der Waals surface area contributed by atoms with E-state index in [1.807, 2.05) is 90.9 Å². The van der Waals surface area contributed by atoms with Crippen molar-refractivity contribution in [2.45, 2.75) is 79.0 Å². The first-order valence-corrected chi connectivity index (χ1v) is 12.4. The number of nitrogens with one attached hydrogen (secondary N) is 3. The first-order valence-electron chi connectivity index (χ1n) is 12.4. The molecular formula is C28H41N3O5. The van der Waals surface area contributed by atoms with E-state index >= 15 is 0 Å². The van der Waals surface area contributed by atoms with E-state index in [-0.39, 0.29) is 18.9 Å². The SMILES string of the molecule is CCCO[C@H](C(=O)NO)[C@@H](Cc1ccc2ccccc2c1)C(=O)N[C@H](C(=O)NC(C)(C)C)C(C)(C)C. The van der Waals surface area contributed by atoms with Gasteiger partial charge in [0.1, 0.15) is 12.1 Å². The zero-order valence-corrected chi connectivity index (χ0v) is 22.5. The highest BCUT2D eigenvalue weighted by molar-refractivity contribution is 5.93. The first kappa shape index (κ1) is 29.3. The average Bonchev–Trinajstić information content (AvgIpc) is 2.79. The van der Waals surface area contributed by atoms with Gasteiger partial charge in [0.15, 0.2) is 0 Å². The summed E-state index contributed by atoms with van der Waals surface area (Å²) >= 11 is 0. The number of rotatable bonds is 10. The van der Waals surface area contributed by atoms with Crippen LogP contribution in [0.3, 0.4) is 0 Å². The van der Waals surface area contributed by atoms with Gasteiger partial charge in [0.2, 0.25) is 11.8 Å². The molecule has 2 aromatic rings. The summed E-state index contributed by atoms with van der Waals surface area (Å²) in [5.74, 6) is -2.62. The minimum Gasteiger partial charge on any atom is -0.367 e. The Morgan fingerprint density at radius 3 is 2.11 bits per heavy atom. The molecule has 3 atom stereocenters. The molecule has 2 aromatic carbocycles. The van der Waals surface area contributed by atoms with E-state index < -0.39 is 40.8 Å². The van der Waals surface area contributed by atoms with E-state index in [2.05, 4.69) is 10.6 Å². The largest absolute Gasteiger partial charge is 0.367 e. The molecule has 198 valence electrons. The molecule has 2 rings (SSSR count). The Balaban J connectivity index is 2.45. The molecule has 0 heterocycles. The standard InChI is InChI=1S/C28H41N3O5/c1-8-15-36-22(25(33)31-35)21(17-18-13-14-19-11-9-10-12-20(19)16-18)24(32)29-23(27(2,3)4)26(34)30-28(5,6)7/h9-14,16,21-23,35H,8,15,17H2,1-7H3,(H,29,32)(H,30,34)(H,31,33)/t21-,22+,23-/m1/s1. The van der Waals surface area contributed by atoms with Crippen LogP contribution >= 0.6 is 0 Å². The van der Waals surface area contributed by atoms with Crippen LogP contribution in [0.1, 0.15) is 60.5 Å². The molecule has 36 heavy (non-hydrogen) atoms. The van der Waals surface area contributed by atoms with Crippen LogP contribution in [0.2, 0.25) is 0 Å². The van der Waals surface area contributed by atoms with Gasteiger partial charge in [-0.05, 0) is 55.4 Å². The molecule has 0 unspecified atom stereocenters. The number of carbonyl (C=O) groups excluding carboxylic acids is 3. The minimum atomic E-state index is -1.24. The third-order valence-electron chi connectivity index (χ3n) is 5.75. The highest BCUT2D eigenvalue weighted by Crippen LogP contribution is 2.24. The van der Waals surface area contributed by atoms with E-state index in [9.17, 15) is 19.6 Å². The van der Waals surface area contributed by atoms with Crippen LogP contribution in [0.15, 0.2) is 42.5 Å². The Kier molecular flexibility index (Phi) is 10.0. The quantitative estimate of drug-likeness (QED) is 0.293. The van der Waals surface area contributed by atoms with Crippen LogP contribution in [-0.4, -0.2) is 47.2 Å². The Morgan fingerprint density at radius 2 is 1.56 bits per heavy atom. The number of hydroxylamine groups is 1. The third kappa shape index (κ3) is 8.31. The van der Waals surface area contributed by atoms with Gasteiger partial charge in [0.25, 0.3) is 5.91 Å². The molecule has 0 aliphatic heterocycles. The summed E-state index contributed by atoms with van der Waals surface area (Å²) in [4.78, 5) is 39.5. The van der Waals surface area contributed by atoms with Crippen LogP contribution in [0, 0.1) is 11.3 Å². The van der Waals surface area contributed by atoms with Crippen molar-refractivity contribution in [2.75, 3.05) is 6.61 Å². The lowest BCUT2D eigenvalue weighted by molar-refractivity contribution is -0.151. The second kappa shape index (κ2) is 12.3. The second-order valence-electron chi connectivity index (χ2n) is 11.3. The molecule has 0 saturated carbocycles. The summed E-state index contributed by atoms with van der Waals surface area (Å²) in [6.07, 6.45) is -0.443. The molecule has 8 nitrogen and oxygen atoms in total. The lowest BCUT2D eigenvalue weighted by atomic mass is 9.84. The fourth-order valence-electron chi connectivity index (χ4n) is 4.01. The Morgan fingerprint density at radius 1 is 0.917 bits per heavy atom. The van der Waals surface area contributed by atoms with Crippen molar-refractivity contribution >= 4 is 28.5 Å². The average molecular weight is 500 g/mol. The van der Waals surface area contributed by atoms with Gasteiger partial charge in [-0.2, -0.15) is 0 Å². The number of amides is 3. The number of hydrogen-bond acceptors (Lipinski definition) is 5. The fourth-order valence-corrected chi connectivity index (χ4v) is 4.01. The monoisotopic (exact) mass is 499 g/mol.